The van der Waals surface area contributed by atoms with Crippen LogP contribution >= 0.6 is 0 Å². The number of rotatable bonds is 5. The third-order valence-corrected chi connectivity index (χ3v) is 4.66. The summed E-state index contributed by atoms with van der Waals surface area (Å²) in [5.41, 5.74) is 0.879. The summed E-state index contributed by atoms with van der Waals surface area (Å²) in [7, 11) is 1.57. The van der Waals surface area contributed by atoms with E-state index in [1.54, 1.807) is 55.6 Å². The molecule has 0 bridgehead atoms. The molecule has 4 rings (SSSR count). The molecule has 1 aromatic heterocycles. The molecule has 4 N–H and O–H groups in total. The number of carbonyl (C=O) groups excluding carboxylic acids is 2. The Hall–Kier alpha value is -4.14. The van der Waals surface area contributed by atoms with Crippen molar-refractivity contribution in [3.63, 3.8) is 0 Å². The van der Waals surface area contributed by atoms with Gasteiger partial charge in [-0.1, -0.05) is 18.2 Å². The number of aromatic nitrogens is 2. The van der Waals surface area contributed by atoms with Crippen LogP contribution in [0.4, 0.5) is 23.1 Å². The smallest absolute Gasteiger partial charge is 0.258 e. The van der Waals surface area contributed by atoms with Crippen molar-refractivity contribution in [1.82, 2.24) is 9.97 Å². The second-order valence-corrected chi connectivity index (χ2v) is 6.69. The number of nitrogens with zero attached hydrogens (tertiary/aromatic N) is 1. The highest BCUT2D eigenvalue weighted by Gasteiger charge is 2.34. The summed E-state index contributed by atoms with van der Waals surface area (Å²) in [6, 6.07) is 15.9. The summed E-state index contributed by atoms with van der Waals surface area (Å²) in [5, 5.41) is 8.29. The minimum Gasteiger partial charge on any atom is -0.497 e. The molecule has 1 aliphatic heterocycles. The number of carbonyl (C=O) groups is 2. The zero-order valence-corrected chi connectivity index (χ0v) is 16.1. The highest BCUT2D eigenvalue weighted by Crippen LogP contribution is 2.30. The lowest BCUT2D eigenvalue weighted by molar-refractivity contribution is -0.123. The molecule has 2 amide bonds. The van der Waals surface area contributed by atoms with Crippen LogP contribution in [0.2, 0.25) is 0 Å². The molecular weight excluding hydrogens is 386 g/mol. The number of nitrogens with one attached hydrogen (secondary N) is 4. The summed E-state index contributed by atoms with van der Waals surface area (Å²) in [6.07, 6.45) is -0.137. The Balaban J connectivity index is 1.62. The standard InChI is InChI=1S/C21H19N5O4/c1-30-14-9-7-13(8-10-14)23-21-25-18-17(20(29)26-21)15(11-16(27)24-18)19(28)22-12-5-3-2-4-6-12/h2-10,15H,11H2,1H3,(H,22,28)(H3,23,24,25,26,27,29)/t15-/m1/s1. The van der Waals surface area contributed by atoms with Crippen LogP contribution in [0.3, 0.4) is 0 Å². The summed E-state index contributed by atoms with van der Waals surface area (Å²) in [4.78, 5) is 44.6. The molecule has 1 aliphatic rings. The molecule has 0 saturated carbocycles. The molecule has 0 radical (unpaired) electrons. The number of para-hydroxylation sites is 1. The molecule has 30 heavy (non-hydrogen) atoms. The Morgan fingerprint density at radius 2 is 1.80 bits per heavy atom. The molecule has 152 valence electrons. The van der Waals surface area contributed by atoms with Gasteiger partial charge in [0, 0.05) is 17.8 Å². The fourth-order valence-corrected chi connectivity index (χ4v) is 3.22. The first-order valence-electron chi connectivity index (χ1n) is 9.24. The zero-order valence-electron chi connectivity index (χ0n) is 16.1. The predicted molar refractivity (Wildman–Crippen MR) is 112 cm³/mol. The van der Waals surface area contributed by atoms with Gasteiger partial charge >= 0.3 is 0 Å². The van der Waals surface area contributed by atoms with Gasteiger partial charge in [0.15, 0.2) is 0 Å². The van der Waals surface area contributed by atoms with Crippen molar-refractivity contribution in [3.8, 4) is 5.75 Å². The Kier molecular flexibility index (Phi) is 5.17. The topological polar surface area (TPSA) is 125 Å². The SMILES string of the molecule is COc1ccc(Nc2nc3c(c(=O)[nH]2)[C@H](C(=O)Nc2ccccc2)CC(=O)N3)cc1. The van der Waals surface area contributed by atoms with Gasteiger partial charge in [0.1, 0.15) is 11.6 Å². The van der Waals surface area contributed by atoms with Gasteiger partial charge in [-0.05, 0) is 36.4 Å². The number of fused-ring (bicyclic) bond motifs is 1. The van der Waals surface area contributed by atoms with Gasteiger partial charge in [-0.25, -0.2) is 0 Å². The highest BCUT2D eigenvalue weighted by molar-refractivity contribution is 6.04. The number of methoxy groups -OCH3 is 1. The van der Waals surface area contributed by atoms with Gasteiger partial charge in [-0.2, -0.15) is 4.98 Å². The first kappa shape index (κ1) is 19.2. The molecule has 9 heteroatoms. The average Bonchev–Trinajstić information content (AvgIpc) is 2.74. The molecule has 9 nitrogen and oxygen atoms in total. The number of aromatic amines is 1. The predicted octanol–water partition coefficient (Wildman–Crippen LogP) is 2.59. The van der Waals surface area contributed by atoms with E-state index in [0.717, 1.165) is 0 Å². The normalized spacial score (nSPS) is 15.0. The fourth-order valence-electron chi connectivity index (χ4n) is 3.22. The second kappa shape index (κ2) is 8.08. The molecule has 0 spiro atoms. The van der Waals surface area contributed by atoms with E-state index in [9.17, 15) is 14.4 Å². The van der Waals surface area contributed by atoms with E-state index >= 15 is 0 Å². The van der Waals surface area contributed by atoms with Crippen molar-refractivity contribution >= 4 is 35.0 Å². The van der Waals surface area contributed by atoms with Crippen molar-refractivity contribution in [2.24, 2.45) is 0 Å². The summed E-state index contributed by atoms with van der Waals surface area (Å²) in [6.45, 7) is 0. The molecule has 0 fully saturated rings. The van der Waals surface area contributed by atoms with E-state index in [1.165, 1.54) is 0 Å². The van der Waals surface area contributed by atoms with E-state index in [1.807, 2.05) is 6.07 Å². The number of anilines is 4. The maximum absolute atomic E-state index is 12.8. The summed E-state index contributed by atoms with van der Waals surface area (Å²) >= 11 is 0. The number of hydrogen-bond donors (Lipinski definition) is 4. The van der Waals surface area contributed by atoms with Crippen LogP contribution in [0.25, 0.3) is 0 Å². The lowest BCUT2D eigenvalue weighted by Gasteiger charge is -2.23. The molecule has 1 atom stereocenters. The van der Waals surface area contributed by atoms with Crippen molar-refractivity contribution < 1.29 is 14.3 Å². The van der Waals surface area contributed by atoms with Crippen molar-refractivity contribution in [1.29, 1.82) is 0 Å². The quantitative estimate of drug-likeness (QED) is 0.517. The maximum Gasteiger partial charge on any atom is 0.258 e. The van der Waals surface area contributed by atoms with Gasteiger partial charge in [0.25, 0.3) is 5.56 Å². The van der Waals surface area contributed by atoms with Gasteiger partial charge < -0.3 is 20.7 Å². The van der Waals surface area contributed by atoms with Crippen molar-refractivity contribution in [2.75, 3.05) is 23.1 Å². The van der Waals surface area contributed by atoms with Crippen LogP contribution in [0, 0.1) is 0 Å². The van der Waals surface area contributed by atoms with E-state index in [0.29, 0.717) is 17.1 Å². The van der Waals surface area contributed by atoms with Crippen molar-refractivity contribution in [2.45, 2.75) is 12.3 Å². The summed E-state index contributed by atoms with van der Waals surface area (Å²) < 4.78 is 5.11. The first-order valence-corrected chi connectivity index (χ1v) is 9.24. The number of benzene rings is 2. The largest absolute Gasteiger partial charge is 0.497 e. The van der Waals surface area contributed by atoms with Gasteiger partial charge in [-0.15, -0.1) is 0 Å². The minimum atomic E-state index is -0.944. The van der Waals surface area contributed by atoms with Crippen LogP contribution < -0.4 is 26.2 Å². The number of amides is 2. The Bertz CT molecular complexity index is 1140. The van der Waals surface area contributed by atoms with Crippen LogP contribution in [-0.4, -0.2) is 28.9 Å². The number of hydrogen-bond acceptors (Lipinski definition) is 6. The zero-order chi connectivity index (χ0) is 21.1. The number of H-pyrrole nitrogens is 1. The van der Waals surface area contributed by atoms with E-state index in [-0.39, 0.29) is 29.7 Å². The van der Waals surface area contributed by atoms with Crippen LogP contribution in [0.5, 0.6) is 5.75 Å². The third kappa shape index (κ3) is 4.00. The number of ether oxygens (including phenoxy) is 1. The lowest BCUT2D eigenvalue weighted by Crippen LogP contribution is -2.36. The van der Waals surface area contributed by atoms with Gasteiger partial charge in [0.2, 0.25) is 17.8 Å². The maximum atomic E-state index is 12.8. The monoisotopic (exact) mass is 405 g/mol. The van der Waals surface area contributed by atoms with Crippen molar-refractivity contribution in [3.05, 3.63) is 70.5 Å². The molecule has 0 unspecified atom stereocenters. The minimum absolute atomic E-state index is 0.0687. The lowest BCUT2D eigenvalue weighted by atomic mass is 9.92. The molecule has 0 aliphatic carbocycles. The molecule has 2 heterocycles. The Morgan fingerprint density at radius 1 is 1.07 bits per heavy atom. The molecular formula is C21H19N5O4. The van der Waals surface area contributed by atoms with Crippen LogP contribution in [-0.2, 0) is 9.59 Å². The molecule has 3 aromatic rings. The first-order chi connectivity index (χ1) is 14.5. The van der Waals surface area contributed by atoms with E-state index in [4.69, 9.17) is 4.74 Å². The van der Waals surface area contributed by atoms with Gasteiger partial charge in [0.05, 0.1) is 18.6 Å². The molecule has 0 saturated heterocycles. The second-order valence-electron chi connectivity index (χ2n) is 6.69. The van der Waals surface area contributed by atoms with Crippen LogP contribution in [0.1, 0.15) is 17.9 Å². The van der Waals surface area contributed by atoms with E-state index < -0.39 is 17.4 Å². The Morgan fingerprint density at radius 3 is 2.50 bits per heavy atom. The highest BCUT2D eigenvalue weighted by atomic mass is 16.5. The van der Waals surface area contributed by atoms with E-state index in [2.05, 4.69) is 25.9 Å². The average molecular weight is 405 g/mol. The van der Waals surface area contributed by atoms with Crippen LogP contribution in [0.15, 0.2) is 59.4 Å². The van der Waals surface area contributed by atoms with Gasteiger partial charge in [-0.3, -0.25) is 19.4 Å². The fraction of sp³-hybridized carbons (Fsp3) is 0.143. The Labute approximate surface area is 171 Å². The molecule has 2 aromatic carbocycles. The summed E-state index contributed by atoms with van der Waals surface area (Å²) in [5.74, 6) is -0.871. The third-order valence-electron chi connectivity index (χ3n) is 4.66.